The van der Waals surface area contributed by atoms with Gasteiger partial charge in [0.15, 0.2) is 11.5 Å². The number of halogens is 1. The van der Waals surface area contributed by atoms with Gasteiger partial charge in [-0.25, -0.2) is 4.98 Å². The summed E-state index contributed by atoms with van der Waals surface area (Å²) in [5, 5.41) is 10.2. The second-order valence-electron chi connectivity index (χ2n) is 8.58. The first-order valence-electron chi connectivity index (χ1n) is 11.9. The van der Waals surface area contributed by atoms with E-state index in [9.17, 15) is 0 Å². The van der Waals surface area contributed by atoms with Crippen molar-refractivity contribution in [1.82, 2.24) is 20.2 Å². The fraction of sp³-hybridized carbons (Fsp3) is 0.583. The summed E-state index contributed by atoms with van der Waals surface area (Å²) < 4.78 is 11.5. The maximum absolute atomic E-state index is 6.05. The average molecular weight is 477 g/mol. The number of hydrogen-bond acceptors (Lipinski definition) is 8. The molecule has 2 aromatic rings. The minimum atomic E-state index is 0. The molecule has 3 N–H and O–H groups in total. The van der Waals surface area contributed by atoms with Gasteiger partial charge >= 0.3 is 0 Å². The standard InChI is InChI=1S/C24H36N6O2.ClH/c1-31-21-6-5-20(17-22(21)32-16-4-15-30-13-2-3-14-30)28-23-9-12-26-24(29-23)27-18-19-7-10-25-11-8-19;/h5-6,9,12,17,19,25H,2-4,7-8,10-11,13-16,18H2,1H3,(H2,26,27,28,29);1H. The van der Waals surface area contributed by atoms with Crippen molar-refractivity contribution in [3.05, 3.63) is 30.5 Å². The summed E-state index contributed by atoms with van der Waals surface area (Å²) in [6.45, 7) is 7.29. The van der Waals surface area contributed by atoms with Crippen molar-refractivity contribution in [3.8, 4) is 11.5 Å². The molecule has 0 aliphatic carbocycles. The molecular weight excluding hydrogens is 440 g/mol. The Labute approximate surface area is 203 Å². The molecule has 0 atom stereocenters. The summed E-state index contributed by atoms with van der Waals surface area (Å²) in [5.74, 6) is 3.56. The summed E-state index contributed by atoms with van der Waals surface area (Å²) in [5.41, 5.74) is 0.906. The molecule has 0 bridgehead atoms. The third-order valence-electron chi connectivity index (χ3n) is 6.17. The molecule has 3 heterocycles. The Morgan fingerprint density at radius 1 is 1.12 bits per heavy atom. The molecular formula is C24H37ClN6O2. The zero-order valence-corrected chi connectivity index (χ0v) is 20.3. The van der Waals surface area contributed by atoms with Gasteiger partial charge in [0.25, 0.3) is 0 Å². The van der Waals surface area contributed by atoms with Gasteiger partial charge in [-0.2, -0.15) is 4.98 Å². The van der Waals surface area contributed by atoms with Crippen LogP contribution >= 0.6 is 12.4 Å². The molecule has 1 aromatic carbocycles. The first-order valence-corrected chi connectivity index (χ1v) is 11.9. The van der Waals surface area contributed by atoms with Crippen molar-refractivity contribution in [3.63, 3.8) is 0 Å². The topological polar surface area (TPSA) is 83.6 Å². The Morgan fingerprint density at radius 2 is 1.94 bits per heavy atom. The van der Waals surface area contributed by atoms with Gasteiger partial charge < -0.3 is 30.3 Å². The highest BCUT2D eigenvalue weighted by Gasteiger charge is 2.14. The van der Waals surface area contributed by atoms with Crippen molar-refractivity contribution in [2.75, 3.05) is 63.6 Å². The Bertz CT molecular complexity index is 843. The number of benzene rings is 1. The third kappa shape index (κ3) is 7.91. The molecule has 4 rings (SSSR count). The van der Waals surface area contributed by atoms with Crippen LogP contribution in [0.2, 0.25) is 0 Å². The number of nitrogens with one attached hydrogen (secondary N) is 3. The maximum Gasteiger partial charge on any atom is 0.224 e. The van der Waals surface area contributed by atoms with Crippen LogP contribution in [0.15, 0.2) is 30.5 Å². The van der Waals surface area contributed by atoms with Crippen LogP contribution in [0.4, 0.5) is 17.5 Å². The number of ether oxygens (including phenoxy) is 2. The normalized spacial score (nSPS) is 16.8. The van der Waals surface area contributed by atoms with Crippen molar-refractivity contribution >= 4 is 29.9 Å². The van der Waals surface area contributed by atoms with Crippen molar-refractivity contribution < 1.29 is 9.47 Å². The quantitative estimate of drug-likeness (QED) is 0.421. The molecule has 9 heteroatoms. The van der Waals surface area contributed by atoms with Crippen molar-refractivity contribution in [2.24, 2.45) is 5.92 Å². The minimum Gasteiger partial charge on any atom is -0.493 e. The summed E-state index contributed by atoms with van der Waals surface area (Å²) in [7, 11) is 1.67. The van der Waals surface area contributed by atoms with Gasteiger partial charge in [0.05, 0.1) is 13.7 Å². The first kappa shape index (κ1) is 25.3. The van der Waals surface area contributed by atoms with Crippen molar-refractivity contribution in [2.45, 2.75) is 32.1 Å². The van der Waals surface area contributed by atoms with E-state index in [4.69, 9.17) is 9.47 Å². The molecule has 182 valence electrons. The van der Waals surface area contributed by atoms with E-state index in [2.05, 4.69) is 30.8 Å². The van der Waals surface area contributed by atoms with Gasteiger partial charge in [-0.1, -0.05) is 0 Å². The SMILES string of the molecule is COc1ccc(Nc2ccnc(NCC3CCNCC3)n2)cc1OCCCN1CCCC1.Cl. The number of methoxy groups -OCH3 is 1. The molecule has 0 radical (unpaired) electrons. The molecule has 2 fully saturated rings. The summed E-state index contributed by atoms with van der Waals surface area (Å²) in [4.78, 5) is 11.5. The summed E-state index contributed by atoms with van der Waals surface area (Å²) >= 11 is 0. The number of likely N-dealkylation sites (tertiary alicyclic amines) is 1. The predicted molar refractivity (Wildman–Crippen MR) is 135 cm³/mol. The van der Waals surface area contributed by atoms with Gasteiger partial charge in [-0.15, -0.1) is 12.4 Å². The lowest BCUT2D eigenvalue weighted by molar-refractivity contribution is 0.254. The fourth-order valence-corrected chi connectivity index (χ4v) is 4.33. The Balaban J connectivity index is 0.00000306. The van der Waals surface area contributed by atoms with Gasteiger partial charge in [-0.3, -0.25) is 0 Å². The van der Waals surface area contributed by atoms with Gasteiger partial charge in [0, 0.05) is 31.0 Å². The molecule has 8 nitrogen and oxygen atoms in total. The molecule has 33 heavy (non-hydrogen) atoms. The molecule has 1 aromatic heterocycles. The van der Waals surface area contributed by atoms with E-state index in [1.165, 1.54) is 38.8 Å². The number of anilines is 3. The average Bonchev–Trinajstić information content (AvgIpc) is 3.35. The zero-order chi connectivity index (χ0) is 22.0. The summed E-state index contributed by atoms with van der Waals surface area (Å²) in [6, 6.07) is 7.74. The minimum absolute atomic E-state index is 0. The maximum atomic E-state index is 6.05. The Hall–Kier alpha value is -2.29. The molecule has 0 spiro atoms. The second kappa shape index (κ2) is 13.4. The predicted octanol–water partition coefficient (Wildman–Crippen LogP) is 3.93. The number of rotatable bonds is 11. The van der Waals surface area contributed by atoms with E-state index >= 15 is 0 Å². The number of piperidine rings is 1. The van der Waals surface area contributed by atoms with Crippen LogP contribution in [-0.2, 0) is 0 Å². The largest absolute Gasteiger partial charge is 0.493 e. The lowest BCUT2D eigenvalue weighted by atomic mass is 9.98. The van der Waals surface area contributed by atoms with Crippen LogP contribution in [-0.4, -0.2) is 67.9 Å². The van der Waals surface area contributed by atoms with Crippen LogP contribution < -0.4 is 25.4 Å². The number of hydrogen-bond donors (Lipinski definition) is 3. The third-order valence-corrected chi connectivity index (χ3v) is 6.17. The van der Waals surface area contributed by atoms with Crippen LogP contribution in [0.25, 0.3) is 0 Å². The highest BCUT2D eigenvalue weighted by atomic mass is 35.5. The van der Waals surface area contributed by atoms with Gasteiger partial charge in [0.1, 0.15) is 5.82 Å². The molecule has 0 saturated carbocycles. The van der Waals surface area contributed by atoms with Crippen LogP contribution in [0.5, 0.6) is 11.5 Å². The van der Waals surface area contributed by atoms with E-state index in [1.54, 1.807) is 13.3 Å². The van der Waals surface area contributed by atoms with E-state index in [0.29, 0.717) is 18.5 Å². The highest BCUT2D eigenvalue weighted by Crippen LogP contribution is 2.31. The van der Waals surface area contributed by atoms with Gasteiger partial charge in [0.2, 0.25) is 5.95 Å². The molecule has 2 aliphatic heterocycles. The second-order valence-corrected chi connectivity index (χ2v) is 8.58. The highest BCUT2D eigenvalue weighted by molar-refractivity contribution is 5.85. The Morgan fingerprint density at radius 3 is 2.73 bits per heavy atom. The lowest BCUT2D eigenvalue weighted by Gasteiger charge is -2.22. The van der Waals surface area contributed by atoms with Crippen LogP contribution in [0.1, 0.15) is 32.1 Å². The smallest absolute Gasteiger partial charge is 0.224 e. The van der Waals surface area contributed by atoms with Crippen LogP contribution in [0.3, 0.4) is 0 Å². The zero-order valence-electron chi connectivity index (χ0n) is 19.5. The molecule has 0 amide bonds. The van der Waals surface area contributed by atoms with E-state index in [0.717, 1.165) is 55.6 Å². The first-order chi connectivity index (χ1) is 15.8. The lowest BCUT2D eigenvalue weighted by Crippen LogP contribution is -2.31. The van der Waals surface area contributed by atoms with Crippen molar-refractivity contribution in [1.29, 1.82) is 0 Å². The molecule has 0 unspecified atom stereocenters. The van der Waals surface area contributed by atoms with E-state index in [-0.39, 0.29) is 12.4 Å². The van der Waals surface area contributed by atoms with Gasteiger partial charge in [-0.05, 0) is 82.4 Å². The number of nitrogens with zero attached hydrogens (tertiary/aromatic N) is 3. The van der Waals surface area contributed by atoms with Crippen LogP contribution in [0, 0.1) is 5.92 Å². The Kier molecular flexibility index (Phi) is 10.3. The van der Waals surface area contributed by atoms with E-state index < -0.39 is 0 Å². The fourth-order valence-electron chi connectivity index (χ4n) is 4.33. The molecule has 2 saturated heterocycles. The number of aromatic nitrogens is 2. The van der Waals surface area contributed by atoms with E-state index in [1.807, 2.05) is 24.3 Å². The molecule has 2 aliphatic rings. The summed E-state index contributed by atoms with van der Waals surface area (Å²) in [6.07, 6.45) is 7.81. The monoisotopic (exact) mass is 476 g/mol.